The second-order valence-electron chi connectivity index (χ2n) is 4.81. The lowest BCUT2D eigenvalue weighted by atomic mass is 10.2. The van der Waals surface area contributed by atoms with E-state index in [-0.39, 0.29) is 48.0 Å². The fourth-order valence-electron chi connectivity index (χ4n) is 2.12. The largest absolute Gasteiger partial charge is 1.00 e. The average molecular weight is 516 g/mol. The summed E-state index contributed by atoms with van der Waals surface area (Å²) in [6.07, 6.45) is 5.24. The topological polar surface area (TPSA) is 33.2 Å². The van der Waals surface area contributed by atoms with Crippen LogP contribution in [0, 0.1) is 0 Å². The third-order valence-corrected chi connectivity index (χ3v) is 4.67. The standard InChI is InChI=1S/C14H32N2S.2HI/c1-5-13(6-2)15-9-11-17-12-10-16-14(7-3)8-4;;/h13-16H,5-12H2,1-4H3;2*1H. The molecule has 0 rings (SSSR count). The Labute approximate surface area is 159 Å². The Morgan fingerprint density at radius 1 is 0.684 bits per heavy atom. The van der Waals surface area contributed by atoms with Crippen molar-refractivity contribution in [1.82, 2.24) is 0 Å². The molecule has 0 aromatic carbocycles. The molecule has 0 atom stereocenters. The molecular formula is C14H34I2N2S. The molecule has 0 aliphatic heterocycles. The van der Waals surface area contributed by atoms with Gasteiger partial charge in [-0.3, -0.25) is 0 Å². The van der Waals surface area contributed by atoms with Gasteiger partial charge in [-0.25, -0.2) is 0 Å². The first kappa shape index (κ1) is 25.7. The van der Waals surface area contributed by atoms with E-state index in [1.165, 1.54) is 50.3 Å². The number of quaternary nitrogens is 2. The van der Waals surface area contributed by atoms with Gasteiger partial charge in [-0.15, -0.1) is 0 Å². The van der Waals surface area contributed by atoms with Crippen molar-refractivity contribution in [3.8, 4) is 0 Å². The lowest BCUT2D eigenvalue weighted by Gasteiger charge is -2.12. The van der Waals surface area contributed by atoms with Gasteiger partial charge in [-0.1, -0.05) is 27.7 Å². The highest BCUT2D eigenvalue weighted by atomic mass is 127. The molecule has 0 aliphatic rings. The summed E-state index contributed by atoms with van der Waals surface area (Å²) in [6.45, 7) is 11.8. The fourth-order valence-corrected chi connectivity index (χ4v) is 2.93. The predicted octanol–water partition coefficient (Wildman–Crippen LogP) is -4.77. The summed E-state index contributed by atoms with van der Waals surface area (Å²) in [7, 11) is 0. The maximum absolute atomic E-state index is 2.53. The van der Waals surface area contributed by atoms with E-state index >= 15 is 0 Å². The van der Waals surface area contributed by atoms with E-state index in [1.807, 2.05) is 0 Å². The number of hydrogen-bond donors (Lipinski definition) is 2. The minimum absolute atomic E-state index is 0. The first-order valence-corrected chi connectivity index (χ1v) is 8.68. The minimum atomic E-state index is 0. The molecule has 0 spiro atoms. The maximum Gasteiger partial charge on any atom is 0.0853 e. The second kappa shape index (κ2) is 19.7. The zero-order valence-electron chi connectivity index (χ0n) is 13.1. The molecule has 0 aromatic heterocycles. The van der Waals surface area contributed by atoms with Gasteiger partial charge in [0.05, 0.1) is 25.2 Å². The third-order valence-electron chi connectivity index (χ3n) is 3.62. The Morgan fingerprint density at radius 3 is 1.26 bits per heavy atom. The highest BCUT2D eigenvalue weighted by Gasteiger charge is 2.06. The Hall–Kier alpha value is 1.73. The Morgan fingerprint density at radius 2 is 1.00 bits per heavy atom. The van der Waals surface area contributed by atoms with Crippen LogP contribution < -0.4 is 58.6 Å². The van der Waals surface area contributed by atoms with Crippen LogP contribution >= 0.6 is 11.8 Å². The highest BCUT2D eigenvalue weighted by molar-refractivity contribution is 7.99. The predicted molar refractivity (Wildman–Crippen MR) is 79.6 cm³/mol. The summed E-state index contributed by atoms with van der Waals surface area (Å²) in [5, 5.41) is 5.05. The SMILES string of the molecule is CCC(CC)[NH2+]CCSCC[NH2+]C(CC)CC.[I-].[I-]. The van der Waals surface area contributed by atoms with Crippen molar-refractivity contribution in [1.29, 1.82) is 0 Å². The van der Waals surface area contributed by atoms with E-state index in [9.17, 15) is 0 Å². The molecule has 0 aliphatic carbocycles. The molecule has 0 saturated carbocycles. The highest BCUT2D eigenvalue weighted by Crippen LogP contribution is 1.95. The van der Waals surface area contributed by atoms with Gasteiger partial charge in [0.2, 0.25) is 0 Å². The van der Waals surface area contributed by atoms with E-state index in [0.29, 0.717) is 0 Å². The van der Waals surface area contributed by atoms with Crippen LogP contribution in [0.3, 0.4) is 0 Å². The summed E-state index contributed by atoms with van der Waals surface area (Å²) < 4.78 is 0. The van der Waals surface area contributed by atoms with Crippen LogP contribution in [0.4, 0.5) is 0 Å². The molecule has 0 radical (unpaired) electrons. The Balaban J connectivity index is -0.00000128. The fraction of sp³-hybridized carbons (Fsp3) is 1.00. The van der Waals surface area contributed by atoms with E-state index in [1.54, 1.807) is 0 Å². The van der Waals surface area contributed by atoms with Gasteiger partial charge in [0.1, 0.15) is 0 Å². The molecule has 5 heteroatoms. The Kier molecular flexibility index (Phi) is 26.7. The molecular weight excluding hydrogens is 482 g/mol. The van der Waals surface area contributed by atoms with Crippen molar-refractivity contribution in [3.05, 3.63) is 0 Å². The molecule has 0 amide bonds. The number of rotatable bonds is 12. The molecule has 0 unspecified atom stereocenters. The first-order valence-electron chi connectivity index (χ1n) is 7.52. The van der Waals surface area contributed by atoms with Crippen LogP contribution in [0.2, 0.25) is 0 Å². The monoisotopic (exact) mass is 516 g/mol. The smallest absolute Gasteiger partial charge is 0.0853 e. The summed E-state index contributed by atoms with van der Waals surface area (Å²) in [6, 6.07) is 1.71. The van der Waals surface area contributed by atoms with E-state index in [2.05, 4.69) is 50.1 Å². The van der Waals surface area contributed by atoms with Crippen molar-refractivity contribution < 1.29 is 58.6 Å². The van der Waals surface area contributed by atoms with Crippen molar-refractivity contribution in [2.75, 3.05) is 24.6 Å². The van der Waals surface area contributed by atoms with Crippen LogP contribution in [0.15, 0.2) is 0 Å². The van der Waals surface area contributed by atoms with Gasteiger partial charge in [0.15, 0.2) is 0 Å². The van der Waals surface area contributed by atoms with Crippen LogP contribution in [0.1, 0.15) is 53.4 Å². The van der Waals surface area contributed by atoms with Crippen molar-refractivity contribution in [2.24, 2.45) is 0 Å². The van der Waals surface area contributed by atoms with Crippen molar-refractivity contribution in [2.45, 2.75) is 65.5 Å². The van der Waals surface area contributed by atoms with Crippen LogP contribution in [-0.2, 0) is 0 Å². The number of halogens is 2. The number of nitrogens with two attached hydrogens (primary N) is 2. The van der Waals surface area contributed by atoms with Crippen LogP contribution in [0.5, 0.6) is 0 Å². The molecule has 120 valence electrons. The van der Waals surface area contributed by atoms with Crippen molar-refractivity contribution >= 4 is 11.8 Å². The lowest BCUT2D eigenvalue weighted by Crippen LogP contribution is -3.00. The Bertz CT molecular complexity index is 138. The van der Waals surface area contributed by atoms with E-state index in [0.717, 1.165) is 12.1 Å². The maximum atomic E-state index is 2.53. The molecule has 4 N–H and O–H groups in total. The normalized spacial score (nSPS) is 10.4. The van der Waals surface area contributed by atoms with E-state index in [4.69, 9.17) is 0 Å². The quantitative estimate of drug-likeness (QED) is 0.198. The molecule has 0 heterocycles. The summed E-state index contributed by atoms with van der Waals surface area (Å²) in [5.41, 5.74) is 0. The summed E-state index contributed by atoms with van der Waals surface area (Å²) in [5.74, 6) is 2.63. The van der Waals surface area contributed by atoms with Gasteiger partial charge >= 0.3 is 0 Å². The zero-order chi connectivity index (χ0) is 12.9. The van der Waals surface area contributed by atoms with Gasteiger partial charge in [-0.05, 0) is 25.7 Å². The second-order valence-corrected chi connectivity index (χ2v) is 6.04. The number of hydrogen-bond acceptors (Lipinski definition) is 1. The molecule has 0 saturated heterocycles. The van der Waals surface area contributed by atoms with Crippen LogP contribution in [0.25, 0.3) is 0 Å². The van der Waals surface area contributed by atoms with Gasteiger partial charge in [0, 0.05) is 11.5 Å². The molecule has 0 aromatic rings. The molecule has 19 heavy (non-hydrogen) atoms. The minimum Gasteiger partial charge on any atom is -1.00 e. The zero-order valence-corrected chi connectivity index (χ0v) is 18.3. The molecule has 2 nitrogen and oxygen atoms in total. The van der Waals surface area contributed by atoms with Gasteiger partial charge in [-0.2, -0.15) is 11.8 Å². The molecule has 0 fully saturated rings. The van der Waals surface area contributed by atoms with Crippen molar-refractivity contribution in [3.63, 3.8) is 0 Å². The van der Waals surface area contributed by atoms with Gasteiger partial charge < -0.3 is 58.6 Å². The van der Waals surface area contributed by atoms with E-state index < -0.39 is 0 Å². The summed E-state index contributed by atoms with van der Waals surface area (Å²) in [4.78, 5) is 0. The number of thioether (sulfide) groups is 1. The molecule has 0 bridgehead atoms. The lowest BCUT2D eigenvalue weighted by molar-refractivity contribution is -0.686. The van der Waals surface area contributed by atoms with Gasteiger partial charge in [0.25, 0.3) is 0 Å². The average Bonchev–Trinajstić information content (AvgIpc) is 2.37. The van der Waals surface area contributed by atoms with Crippen LogP contribution in [-0.4, -0.2) is 36.7 Å². The first-order chi connectivity index (χ1) is 8.28. The third kappa shape index (κ3) is 15.9. The summed E-state index contributed by atoms with van der Waals surface area (Å²) >= 11 is 2.12.